The van der Waals surface area contributed by atoms with Gasteiger partial charge in [-0.2, -0.15) is 0 Å². The van der Waals surface area contributed by atoms with E-state index in [4.69, 9.17) is 5.11 Å². The first-order valence-electron chi connectivity index (χ1n) is 6.58. The Hall–Kier alpha value is -2.16. The van der Waals surface area contributed by atoms with Gasteiger partial charge in [0.05, 0.1) is 18.8 Å². The van der Waals surface area contributed by atoms with Gasteiger partial charge < -0.3 is 10.4 Å². The lowest BCUT2D eigenvalue weighted by molar-refractivity contribution is 0.0954. The molecule has 5 heteroatoms. The largest absolute Gasteiger partial charge is 0.395 e. The average molecular weight is 300 g/mol. The Balaban J connectivity index is 2.01. The summed E-state index contributed by atoms with van der Waals surface area (Å²) in [5, 5.41) is 13.4. The van der Waals surface area contributed by atoms with Gasteiger partial charge in [-0.15, -0.1) is 11.3 Å². The molecule has 0 aromatic carbocycles. The molecule has 108 valence electrons. The normalized spacial score (nSPS) is 9.81. The predicted molar refractivity (Wildman–Crippen MR) is 83.0 cm³/mol. The van der Waals surface area contributed by atoms with E-state index in [0.29, 0.717) is 23.4 Å². The first kappa shape index (κ1) is 15.2. The molecular formula is C16H16N2O2S. The molecule has 0 spiro atoms. The second-order valence-corrected chi connectivity index (χ2v) is 5.31. The molecule has 4 nitrogen and oxygen atoms in total. The molecule has 0 saturated carbocycles. The maximum Gasteiger partial charge on any atom is 0.262 e. The molecule has 0 radical (unpaired) electrons. The highest BCUT2D eigenvalue weighted by Crippen LogP contribution is 2.15. The minimum absolute atomic E-state index is 0.0255. The Kier molecular flexibility index (Phi) is 5.50. The number of aliphatic hydroxyl groups is 1. The molecule has 0 aliphatic carbocycles. The van der Waals surface area contributed by atoms with Crippen LogP contribution < -0.4 is 5.32 Å². The summed E-state index contributed by atoms with van der Waals surface area (Å²) in [7, 11) is 0. The second-order valence-electron chi connectivity index (χ2n) is 4.39. The number of nitrogens with zero attached hydrogens (tertiary/aromatic N) is 1. The Morgan fingerprint density at radius 3 is 3.05 bits per heavy atom. The summed E-state index contributed by atoms with van der Waals surface area (Å²) in [6.07, 6.45) is 0.407. The number of carbonyl (C=O) groups is 1. The number of amides is 1. The molecule has 0 aliphatic heterocycles. The minimum atomic E-state index is -0.151. The van der Waals surface area contributed by atoms with Gasteiger partial charge in [-0.05, 0) is 30.5 Å². The Bertz CT molecular complexity index is 683. The monoisotopic (exact) mass is 300 g/mol. The average Bonchev–Trinajstić information content (AvgIpc) is 2.94. The summed E-state index contributed by atoms with van der Waals surface area (Å²) in [5.41, 5.74) is 2.45. The number of pyridine rings is 1. The van der Waals surface area contributed by atoms with Crippen LogP contribution in [0.25, 0.3) is 0 Å². The maximum absolute atomic E-state index is 12.2. The van der Waals surface area contributed by atoms with E-state index in [9.17, 15) is 4.79 Å². The molecule has 0 unspecified atom stereocenters. The van der Waals surface area contributed by atoms with Crippen LogP contribution in [0.4, 0.5) is 0 Å². The van der Waals surface area contributed by atoms with Crippen LogP contribution in [-0.2, 0) is 6.54 Å². The van der Waals surface area contributed by atoms with Gasteiger partial charge in [-0.1, -0.05) is 17.9 Å². The Labute approximate surface area is 127 Å². The van der Waals surface area contributed by atoms with E-state index < -0.39 is 0 Å². The molecule has 0 atom stereocenters. The molecule has 0 bridgehead atoms. The van der Waals surface area contributed by atoms with Crippen molar-refractivity contribution >= 4 is 17.2 Å². The molecule has 2 heterocycles. The first-order chi connectivity index (χ1) is 10.2. The standard InChI is InChI=1S/C16H16N2O2S/c1-12-5-4-7-14(18-12)11-17-16(20)15-13(8-10-21-15)6-2-3-9-19/h4-5,7-8,10,19H,3,9,11H2,1H3,(H,17,20). The molecule has 2 rings (SSSR count). The SMILES string of the molecule is Cc1cccc(CNC(=O)c2sccc2C#CCCO)n1. The predicted octanol–water partition coefficient (Wildman–Crippen LogP) is 2.12. The Morgan fingerprint density at radius 2 is 2.29 bits per heavy atom. The minimum Gasteiger partial charge on any atom is -0.395 e. The van der Waals surface area contributed by atoms with Crippen molar-refractivity contribution in [1.29, 1.82) is 0 Å². The number of rotatable bonds is 4. The topological polar surface area (TPSA) is 62.2 Å². The third-order valence-electron chi connectivity index (χ3n) is 2.71. The number of nitrogens with one attached hydrogen (secondary N) is 1. The smallest absolute Gasteiger partial charge is 0.262 e. The fourth-order valence-electron chi connectivity index (χ4n) is 1.75. The number of thiophene rings is 1. The molecular weight excluding hydrogens is 284 g/mol. The van der Waals surface area contributed by atoms with E-state index in [1.807, 2.05) is 36.6 Å². The summed E-state index contributed by atoms with van der Waals surface area (Å²) in [5.74, 6) is 5.58. The van der Waals surface area contributed by atoms with Gasteiger partial charge in [0.15, 0.2) is 0 Å². The van der Waals surface area contributed by atoms with E-state index in [0.717, 1.165) is 11.4 Å². The number of hydrogen-bond donors (Lipinski definition) is 2. The number of aromatic nitrogens is 1. The molecule has 2 aromatic rings. The van der Waals surface area contributed by atoms with E-state index in [-0.39, 0.29) is 12.5 Å². The summed E-state index contributed by atoms with van der Waals surface area (Å²) < 4.78 is 0. The lowest BCUT2D eigenvalue weighted by atomic mass is 10.2. The van der Waals surface area contributed by atoms with Crippen LogP contribution in [0.5, 0.6) is 0 Å². The van der Waals surface area contributed by atoms with Gasteiger partial charge in [-0.3, -0.25) is 9.78 Å². The highest BCUT2D eigenvalue weighted by molar-refractivity contribution is 7.12. The molecule has 0 saturated heterocycles. The lowest BCUT2D eigenvalue weighted by Gasteiger charge is -2.04. The first-order valence-corrected chi connectivity index (χ1v) is 7.46. The summed E-state index contributed by atoms with van der Waals surface area (Å²) in [6.45, 7) is 2.33. The highest BCUT2D eigenvalue weighted by Gasteiger charge is 2.11. The lowest BCUT2D eigenvalue weighted by Crippen LogP contribution is -2.23. The quantitative estimate of drug-likeness (QED) is 0.850. The van der Waals surface area contributed by atoms with Crippen molar-refractivity contribution in [3.05, 3.63) is 51.5 Å². The summed E-state index contributed by atoms with van der Waals surface area (Å²) in [4.78, 5) is 17.1. The van der Waals surface area contributed by atoms with Crippen LogP contribution in [0.1, 0.15) is 33.0 Å². The zero-order valence-electron chi connectivity index (χ0n) is 11.7. The van der Waals surface area contributed by atoms with E-state index >= 15 is 0 Å². The van der Waals surface area contributed by atoms with Crippen molar-refractivity contribution in [3.8, 4) is 11.8 Å². The molecule has 0 fully saturated rings. The van der Waals surface area contributed by atoms with Crippen LogP contribution in [0.2, 0.25) is 0 Å². The fraction of sp³-hybridized carbons (Fsp3) is 0.250. The van der Waals surface area contributed by atoms with Gasteiger partial charge in [-0.25, -0.2) is 0 Å². The highest BCUT2D eigenvalue weighted by atomic mass is 32.1. The van der Waals surface area contributed by atoms with Crippen LogP contribution in [0, 0.1) is 18.8 Å². The van der Waals surface area contributed by atoms with Gasteiger partial charge in [0.25, 0.3) is 5.91 Å². The van der Waals surface area contributed by atoms with Crippen molar-refractivity contribution in [2.24, 2.45) is 0 Å². The molecule has 2 aromatic heterocycles. The second kappa shape index (κ2) is 7.58. The van der Waals surface area contributed by atoms with E-state index in [1.165, 1.54) is 11.3 Å². The summed E-state index contributed by atoms with van der Waals surface area (Å²) >= 11 is 1.36. The van der Waals surface area contributed by atoms with Crippen LogP contribution in [0.3, 0.4) is 0 Å². The van der Waals surface area contributed by atoms with E-state index in [1.54, 1.807) is 0 Å². The van der Waals surface area contributed by atoms with Crippen LogP contribution in [0.15, 0.2) is 29.6 Å². The number of carbonyl (C=O) groups excluding carboxylic acids is 1. The number of hydrogen-bond acceptors (Lipinski definition) is 4. The molecule has 0 aliphatic rings. The molecule has 2 N–H and O–H groups in total. The number of aliphatic hydroxyl groups excluding tert-OH is 1. The third kappa shape index (κ3) is 4.42. The van der Waals surface area contributed by atoms with Gasteiger partial charge in [0.1, 0.15) is 4.88 Å². The van der Waals surface area contributed by atoms with Crippen molar-refractivity contribution in [2.45, 2.75) is 19.9 Å². The third-order valence-corrected chi connectivity index (χ3v) is 3.62. The molecule has 1 amide bonds. The van der Waals surface area contributed by atoms with E-state index in [2.05, 4.69) is 22.1 Å². The fourth-order valence-corrected chi connectivity index (χ4v) is 2.51. The van der Waals surface area contributed by atoms with Crippen LogP contribution >= 0.6 is 11.3 Å². The van der Waals surface area contributed by atoms with Gasteiger partial charge in [0.2, 0.25) is 0 Å². The van der Waals surface area contributed by atoms with Gasteiger partial charge >= 0.3 is 0 Å². The van der Waals surface area contributed by atoms with Crippen molar-refractivity contribution in [1.82, 2.24) is 10.3 Å². The molecule has 21 heavy (non-hydrogen) atoms. The zero-order valence-corrected chi connectivity index (χ0v) is 12.5. The van der Waals surface area contributed by atoms with Crippen molar-refractivity contribution in [2.75, 3.05) is 6.61 Å². The maximum atomic E-state index is 12.2. The van der Waals surface area contributed by atoms with Crippen molar-refractivity contribution in [3.63, 3.8) is 0 Å². The van der Waals surface area contributed by atoms with Crippen molar-refractivity contribution < 1.29 is 9.90 Å². The number of aryl methyl sites for hydroxylation is 1. The zero-order chi connectivity index (χ0) is 15.1. The van der Waals surface area contributed by atoms with Gasteiger partial charge in [0, 0.05) is 17.7 Å². The summed E-state index contributed by atoms with van der Waals surface area (Å²) in [6, 6.07) is 7.53. The van der Waals surface area contributed by atoms with Crippen LogP contribution in [-0.4, -0.2) is 22.6 Å². The Morgan fingerprint density at radius 1 is 1.43 bits per heavy atom.